The van der Waals surface area contributed by atoms with Gasteiger partial charge < -0.3 is 33.2 Å². The highest BCUT2D eigenvalue weighted by molar-refractivity contribution is 5.51. The van der Waals surface area contributed by atoms with E-state index in [-0.39, 0.29) is 44.3 Å². The molecule has 0 N–H and O–H groups in total. The zero-order chi connectivity index (χ0) is 42.0. The zero-order valence-corrected chi connectivity index (χ0v) is 34.0. The molecule has 0 unspecified atom stereocenters. The molecule has 0 amide bonds. The van der Waals surface area contributed by atoms with Crippen molar-refractivity contribution in [2.45, 2.75) is 82.6 Å². The summed E-state index contributed by atoms with van der Waals surface area (Å²) < 4.78 is 87.8. The van der Waals surface area contributed by atoms with E-state index in [0.717, 1.165) is 40.7 Å². The number of hydrogen-bond acceptors (Lipinski definition) is 7. The fourth-order valence-electron chi connectivity index (χ4n) is 8.01. The second kappa shape index (κ2) is 19.9. The van der Waals surface area contributed by atoms with Crippen molar-refractivity contribution < 1.29 is 46.3 Å². The number of rotatable bonds is 18. The molecule has 1 heterocycles. The molecule has 0 bridgehead atoms. The normalized spacial score (nSPS) is 19.8. The van der Waals surface area contributed by atoms with E-state index in [1.54, 1.807) is 6.07 Å². The van der Waals surface area contributed by atoms with Crippen molar-refractivity contribution in [2.24, 2.45) is 0 Å². The van der Waals surface area contributed by atoms with E-state index in [9.17, 15) is 13.2 Å². The largest absolute Gasteiger partial charge is 0.573 e. The smallest absolute Gasteiger partial charge is 0.496 e. The van der Waals surface area contributed by atoms with Crippen molar-refractivity contribution in [2.75, 3.05) is 13.7 Å². The number of hydrogen-bond donors (Lipinski definition) is 0. The number of methoxy groups -OCH3 is 1. The standard InChI is InChI=1S/C51H49F3O7/c1-55-44-29-45(61-51(52,53)54)43(28-42(44)27-39-22-23-40-24-25-41(40)26-39)47-49(58-32-37-18-10-4-11-19-37)50(59-33-38-20-12-5-13-21-38)48(57-31-36-16-8-3-9-17-36)46(60-47)34-56-30-35-14-6-2-7-15-35/h2-23,26,28-29,46-50H,24-25,27,30-34H2,1H3/t46-,47+,48-,49+,50+/m1/s1. The summed E-state index contributed by atoms with van der Waals surface area (Å²) >= 11 is 0. The third-order valence-electron chi connectivity index (χ3n) is 11.2. The van der Waals surface area contributed by atoms with Gasteiger partial charge in [-0.2, -0.15) is 0 Å². The fourth-order valence-corrected chi connectivity index (χ4v) is 8.01. The molecule has 0 spiro atoms. The summed E-state index contributed by atoms with van der Waals surface area (Å²) in [6.45, 7) is 0.807. The Hall–Kier alpha value is -5.49. The second-order valence-electron chi connectivity index (χ2n) is 15.4. The molecular formula is C51H49F3O7. The summed E-state index contributed by atoms with van der Waals surface area (Å²) in [6.07, 6.45) is -7.22. The average Bonchev–Trinajstić information content (AvgIpc) is 3.26. The first-order chi connectivity index (χ1) is 29.8. The molecule has 8 rings (SSSR count). The van der Waals surface area contributed by atoms with E-state index in [2.05, 4.69) is 18.2 Å². The Morgan fingerprint density at radius 1 is 0.541 bits per heavy atom. The predicted molar refractivity (Wildman–Crippen MR) is 225 cm³/mol. The molecule has 1 aliphatic carbocycles. The van der Waals surface area contributed by atoms with Crippen LogP contribution in [0, 0.1) is 0 Å². The molecule has 1 saturated heterocycles. The maximum absolute atomic E-state index is 14.4. The molecular weight excluding hydrogens is 782 g/mol. The molecule has 0 saturated carbocycles. The van der Waals surface area contributed by atoms with Crippen LogP contribution in [0.2, 0.25) is 0 Å². The van der Waals surface area contributed by atoms with Crippen LogP contribution < -0.4 is 9.47 Å². The van der Waals surface area contributed by atoms with Crippen molar-refractivity contribution in [3.8, 4) is 11.5 Å². The Labute approximate surface area is 354 Å². The van der Waals surface area contributed by atoms with E-state index in [0.29, 0.717) is 12.0 Å². The van der Waals surface area contributed by atoms with Gasteiger partial charge in [-0.15, -0.1) is 13.2 Å². The van der Waals surface area contributed by atoms with Crippen molar-refractivity contribution in [1.29, 1.82) is 0 Å². The van der Waals surface area contributed by atoms with E-state index in [4.69, 9.17) is 33.2 Å². The van der Waals surface area contributed by atoms with Gasteiger partial charge in [0.05, 0.1) is 40.1 Å². The Bertz CT molecular complexity index is 2290. The summed E-state index contributed by atoms with van der Waals surface area (Å²) in [5, 5.41) is 0. The number of aryl methyl sites for hydroxylation is 2. The van der Waals surface area contributed by atoms with E-state index in [1.165, 1.54) is 24.3 Å². The van der Waals surface area contributed by atoms with Crippen LogP contribution in [-0.4, -0.2) is 44.5 Å². The number of halogens is 3. The maximum Gasteiger partial charge on any atom is 0.573 e. The minimum atomic E-state index is -5.03. The fraction of sp³-hybridized carbons (Fsp3) is 0.294. The van der Waals surface area contributed by atoms with Gasteiger partial charge in [-0.3, -0.25) is 0 Å². The van der Waals surface area contributed by atoms with Crippen LogP contribution in [0.1, 0.15) is 56.2 Å². The van der Waals surface area contributed by atoms with Gasteiger partial charge in [0, 0.05) is 18.1 Å². The molecule has 10 heteroatoms. The molecule has 2 aliphatic rings. The van der Waals surface area contributed by atoms with Gasteiger partial charge in [-0.1, -0.05) is 140 Å². The van der Waals surface area contributed by atoms with Crippen LogP contribution in [0.15, 0.2) is 152 Å². The van der Waals surface area contributed by atoms with Gasteiger partial charge in [0.1, 0.15) is 42.0 Å². The van der Waals surface area contributed by atoms with Crippen molar-refractivity contribution in [3.63, 3.8) is 0 Å². The maximum atomic E-state index is 14.4. The monoisotopic (exact) mass is 830 g/mol. The first-order valence-corrected chi connectivity index (χ1v) is 20.6. The molecule has 316 valence electrons. The van der Waals surface area contributed by atoms with E-state index < -0.39 is 42.6 Å². The number of fused-ring (bicyclic) bond motifs is 1. The van der Waals surface area contributed by atoms with Crippen LogP contribution in [-0.2, 0) is 69.4 Å². The molecule has 5 atom stereocenters. The quantitative estimate of drug-likeness (QED) is 0.0855. The van der Waals surface area contributed by atoms with Crippen LogP contribution >= 0.6 is 0 Å². The highest BCUT2D eigenvalue weighted by atomic mass is 19.4. The molecule has 1 aliphatic heterocycles. The number of alkyl halides is 3. The molecule has 61 heavy (non-hydrogen) atoms. The number of benzene rings is 6. The lowest BCUT2D eigenvalue weighted by Crippen LogP contribution is -2.58. The van der Waals surface area contributed by atoms with Gasteiger partial charge in [0.2, 0.25) is 0 Å². The number of ether oxygens (including phenoxy) is 7. The first-order valence-electron chi connectivity index (χ1n) is 20.6. The summed E-state index contributed by atoms with van der Waals surface area (Å²) in [5.41, 5.74) is 8.04. The van der Waals surface area contributed by atoms with Gasteiger partial charge in [0.25, 0.3) is 0 Å². The van der Waals surface area contributed by atoms with Gasteiger partial charge in [0.15, 0.2) is 0 Å². The van der Waals surface area contributed by atoms with Crippen molar-refractivity contribution >= 4 is 0 Å². The highest BCUT2D eigenvalue weighted by Crippen LogP contribution is 2.45. The van der Waals surface area contributed by atoms with Crippen molar-refractivity contribution in [1.82, 2.24) is 0 Å². The minimum Gasteiger partial charge on any atom is -0.496 e. The highest BCUT2D eigenvalue weighted by Gasteiger charge is 2.50. The summed E-state index contributed by atoms with van der Waals surface area (Å²) in [7, 11) is 1.44. The Morgan fingerprint density at radius 3 is 1.57 bits per heavy atom. The van der Waals surface area contributed by atoms with Gasteiger partial charge in [-0.05, 0) is 63.4 Å². The third-order valence-corrected chi connectivity index (χ3v) is 11.2. The summed E-state index contributed by atoms with van der Waals surface area (Å²) in [6, 6.07) is 48.1. The summed E-state index contributed by atoms with van der Waals surface area (Å²) in [4.78, 5) is 0. The molecule has 7 nitrogen and oxygen atoms in total. The van der Waals surface area contributed by atoms with E-state index in [1.807, 2.05) is 121 Å². The van der Waals surface area contributed by atoms with Crippen LogP contribution in [0.4, 0.5) is 13.2 Å². The predicted octanol–water partition coefficient (Wildman–Crippen LogP) is 10.7. The van der Waals surface area contributed by atoms with E-state index >= 15 is 0 Å². The first kappa shape index (κ1) is 42.2. The lowest BCUT2D eigenvalue weighted by atomic mass is 9.85. The Morgan fingerprint density at radius 2 is 1.07 bits per heavy atom. The molecule has 0 aromatic heterocycles. The second-order valence-corrected chi connectivity index (χ2v) is 15.4. The van der Waals surface area contributed by atoms with Gasteiger partial charge in [-0.25, -0.2) is 0 Å². The average molecular weight is 831 g/mol. The Balaban J connectivity index is 1.24. The minimum absolute atomic E-state index is 0.0368. The van der Waals surface area contributed by atoms with Crippen LogP contribution in [0.25, 0.3) is 0 Å². The summed E-state index contributed by atoms with van der Waals surface area (Å²) in [5.74, 6) is -0.204. The van der Waals surface area contributed by atoms with Crippen molar-refractivity contribution in [3.05, 3.63) is 202 Å². The zero-order valence-electron chi connectivity index (χ0n) is 34.0. The molecule has 1 fully saturated rings. The third kappa shape index (κ3) is 11.1. The lowest BCUT2D eigenvalue weighted by molar-refractivity contribution is -0.282. The SMILES string of the molecule is COc1cc(OC(F)(F)F)c([C@@H]2O[C@H](COCc3ccccc3)[C@@H](OCc3ccccc3)[C@H](OCc3ccccc3)[C@H]2OCc2ccccc2)cc1Cc1ccc2c(c1)CC2. The Kier molecular flexibility index (Phi) is 13.8. The van der Waals surface area contributed by atoms with Crippen LogP contribution in [0.5, 0.6) is 11.5 Å². The van der Waals surface area contributed by atoms with Crippen LogP contribution in [0.3, 0.4) is 0 Å². The molecule has 0 radical (unpaired) electrons. The van der Waals surface area contributed by atoms with Gasteiger partial charge >= 0.3 is 6.36 Å². The molecule has 6 aromatic rings. The molecule has 6 aromatic carbocycles. The lowest BCUT2D eigenvalue weighted by Gasteiger charge is -2.46. The topological polar surface area (TPSA) is 64.6 Å².